The van der Waals surface area contributed by atoms with Crippen LogP contribution in [-0.2, 0) is 23.9 Å². The zero-order chi connectivity index (χ0) is 45.1. The molecule has 18 nitrogen and oxygen atoms in total. The van der Waals surface area contributed by atoms with E-state index in [2.05, 4.69) is 38.7 Å². The number of amides is 6. The molecule has 4 fully saturated rings. The van der Waals surface area contributed by atoms with Crippen molar-refractivity contribution in [1.29, 1.82) is 0 Å². The molecule has 6 N–H and O–H groups in total. The summed E-state index contributed by atoms with van der Waals surface area (Å²) in [5.41, 5.74) is 4.20. The van der Waals surface area contributed by atoms with E-state index in [1.165, 1.54) is 16.2 Å². The fraction of sp³-hybridized carbons (Fsp3) is 0.568. The average molecular weight is 890 g/mol. The molecule has 0 spiro atoms. The molecular formula is C44H59N9O9S. The first-order valence-electron chi connectivity index (χ1n) is 21.6. The van der Waals surface area contributed by atoms with Crippen molar-refractivity contribution >= 4 is 57.2 Å². The number of ether oxygens (including phenoxy) is 4. The van der Waals surface area contributed by atoms with Crippen molar-refractivity contribution in [2.75, 3.05) is 32.2 Å². The van der Waals surface area contributed by atoms with Gasteiger partial charge in [0.25, 0.3) is 5.91 Å². The summed E-state index contributed by atoms with van der Waals surface area (Å²) in [6.07, 6.45) is 4.07. The number of hydrazine groups is 1. The van der Waals surface area contributed by atoms with Crippen LogP contribution in [-0.4, -0.2) is 113 Å². The Labute approximate surface area is 371 Å². The van der Waals surface area contributed by atoms with Crippen LogP contribution in [0.15, 0.2) is 42.3 Å². The molecule has 2 saturated carbocycles. The SMILES string of the molecule is C=C[C@@H]1C[C@@]1(NC(=O)[C@@H]1C[C@@H](Oc2cc(-c3csc(NC(C)C)n3)nc3cc(OC)ccc23)CN1C(=O)[C@@H](NC(=O)NC1CCCC1)C(C)(C)C)C(=O)NNC(=O)O[C@H]1CCOC1. The zero-order valence-electron chi connectivity index (χ0n) is 36.7. The summed E-state index contributed by atoms with van der Waals surface area (Å²) in [6.45, 7) is 14.2. The summed E-state index contributed by atoms with van der Waals surface area (Å²) in [5.74, 6) is -1.19. The molecule has 6 atom stereocenters. The number of hydrogen-bond donors (Lipinski definition) is 6. The number of hydrogen-bond acceptors (Lipinski definition) is 13. The molecule has 340 valence electrons. The van der Waals surface area contributed by atoms with Crippen molar-refractivity contribution in [3.8, 4) is 22.9 Å². The number of carbonyl (C=O) groups is 5. The zero-order valence-corrected chi connectivity index (χ0v) is 37.5. The number of rotatable bonds is 14. The third-order valence-corrected chi connectivity index (χ3v) is 12.6. The summed E-state index contributed by atoms with van der Waals surface area (Å²) < 4.78 is 22.9. The molecule has 0 bridgehead atoms. The van der Waals surface area contributed by atoms with Gasteiger partial charge in [0, 0.05) is 53.7 Å². The van der Waals surface area contributed by atoms with E-state index in [1.807, 2.05) is 46.1 Å². The average Bonchev–Trinajstić information content (AvgIpc) is 3.88. The lowest BCUT2D eigenvalue weighted by Crippen LogP contribution is -2.61. The molecule has 4 heterocycles. The monoisotopic (exact) mass is 889 g/mol. The molecule has 2 saturated heterocycles. The predicted molar refractivity (Wildman–Crippen MR) is 236 cm³/mol. The molecule has 0 unspecified atom stereocenters. The van der Waals surface area contributed by atoms with Crippen LogP contribution in [0.1, 0.15) is 79.6 Å². The van der Waals surface area contributed by atoms with Gasteiger partial charge in [0.2, 0.25) is 11.8 Å². The highest BCUT2D eigenvalue weighted by Crippen LogP contribution is 2.45. The van der Waals surface area contributed by atoms with Crippen LogP contribution in [0, 0.1) is 11.3 Å². The summed E-state index contributed by atoms with van der Waals surface area (Å²) in [5, 5.41) is 15.5. The normalized spacial score (nSPS) is 23.8. The maximum Gasteiger partial charge on any atom is 0.426 e. The van der Waals surface area contributed by atoms with Crippen LogP contribution in [0.3, 0.4) is 0 Å². The molecular weight excluding hydrogens is 831 g/mol. The van der Waals surface area contributed by atoms with Crippen molar-refractivity contribution in [3.63, 3.8) is 0 Å². The molecule has 1 aromatic carbocycles. The topological polar surface area (TPSA) is 223 Å². The Bertz CT molecular complexity index is 2200. The molecule has 0 radical (unpaired) electrons. The van der Waals surface area contributed by atoms with E-state index in [0.29, 0.717) is 46.8 Å². The number of methoxy groups -OCH3 is 1. The number of carbonyl (C=O) groups excluding carboxylic acids is 5. The van der Waals surface area contributed by atoms with Crippen molar-refractivity contribution < 1.29 is 42.9 Å². The summed E-state index contributed by atoms with van der Waals surface area (Å²) in [6, 6.07) is 4.81. The van der Waals surface area contributed by atoms with E-state index in [4.69, 9.17) is 28.9 Å². The van der Waals surface area contributed by atoms with Crippen LogP contribution in [0.5, 0.6) is 11.5 Å². The summed E-state index contributed by atoms with van der Waals surface area (Å²) in [7, 11) is 1.57. The Kier molecular flexibility index (Phi) is 13.6. The minimum Gasteiger partial charge on any atom is -0.497 e. The van der Waals surface area contributed by atoms with Gasteiger partial charge in [-0.1, -0.05) is 39.7 Å². The second kappa shape index (κ2) is 19.0. The lowest BCUT2D eigenvalue weighted by molar-refractivity contribution is -0.142. The first kappa shape index (κ1) is 45.3. The first-order valence-corrected chi connectivity index (χ1v) is 22.5. The number of thiazole rings is 1. The fourth-order valence-corrected chi connectivity index (χ4v) is 9.23. The van der Waals surface area contributed by atoms with E-state index >= 15 is 0 Å². The smallest absolute Gasteiger partial charge is 0.426 e. The van der Waals surface area contributed by atoms with Crippen molar-refractivity contribution in [2.24, 2.45) is 11.3 Å². The number of nitrogens with zero attached hydrogens (tertiary/aromatic N) is 3. The van der Waals surface area contributed by atoms with Crippen LogP contribution in [0.25, 0.3) is 22.3 Å². The highest BCUT2D eigenvalue weighted by atomic mass is 32.1. The number of anilines is 1. The van der Waals surface area contributed by atoms with Crippen LogP contribution in [0.4, 0.5) is 14.7 Å². The Balaban J connectivity index is 1.17. The Morgan fingerprint density at radius 1 is 1.03 bits per heavy atom. The molecule has 6 amide bonds. The van der Waals surface area contributed by atoms with Crippen molar-refractivity contribution in [2.45, 2.75) is 121 Å². The van der Waals surface area contributed by atoms with Crippen molar-refractivity contribution in [1.82, 2.24) is 41.7 Å². The van der Waals surface area contributed by atoms with Gasteiger partial charge in [-0.2, -0.15) is 0 Å². The minimum atomic E-state index is -1.47. The van der Waals surface area contributed by atoms with Gasteiger partial charge in [0.1, 0.15) is 47.0 Å². The quantitative estimate of drug-likeness (QED) is 0.0950. The number of benzene rings is 1. The number of likely N-dealkylation sites (tertiary alicyclic amines) is 1. The predicted octanol–water partition coefficient (Wildman–Crippen LogP) is 4.80. The Hall–Kier alpha value is -5.69. The van der Waals surface area contributed by atoms with Gasteiger partial charge in [0.05, 0.1) is 38.1 Å². The molecule has 4 aliphatic rings. The molecule has 63 heavy (non-hydrogen) atoms. The largest absolute Gasteiger partial charge is 0.497 e. The van der Waals surface area contributed by atoms with Gasteiger partial charge in [-0.05, 0) is 50.7 Å². The number of nitrogens with one attached hydrogen (secondary N) is 6. The van der Waals surface area contributed by atoms with Crippen LogP contribution in [0.2, 0.25) is 0 Å². The van der Waals surface area contributed by atoms with E-state index < -0.39 is 71.0 Å². The molecule has 19 heteroatoms. The van der Waals surface area contributed by atoms with Gasteiger partial charge >= 0.3 is 12.1 Å². The standard InChI is InChI=1S/C44H59N9O9S/c1-8-25-20-44(25,39(56)51-52-42(58)62-28-15-16-60-22-28)50-37(54)34-18-29(21-53(34)38(55)36(43(4,5)6)49-40(57)46-26-11-9-10-12-26)61-35-19-32(33-23-63-41(48-33)45-24(2)3)47-31-17-27(59-7)13-14-30(31)35/h8,13-14,17,19,23-26,28-29,34,36H,1,9-12,15-16,18,20-22H2,2-7H3,(H,45,48)(H,50,54)(H,51,56)(H,52,58)(H2,46,49,57)/t25-,28+,29-,34+,36-,44+/m1/s1. The lowest BCUT2D eigenvalue weighted by Gasteiger charge is -2.35. The maximum absolute atomic E-state index is 14.9. The van der Waals surface area contributed by atoms with Gasteiger partial charge in [0.15, 0.2) is 5.13 Å². The number of fused-ring (bicyclic) bond motifs is 1. The minimum absolute atomic E-state index is 0.0120. The third kappa shape index (κ3) is 10.6. The second-order valence-corrected chi connectivity index (χ2v) is 18.9. The van der Waals surface area contributed by atoms with E-state index in [0.717, 1.165) is 30.8 Å². The Morgan fingerprint density at radius 2 is 1.81 bits per heavy atom. The third-order valence-electron chi connectivity index (χ3n) is 11.9. The van der Waals surface area contributed by atoms with Gasteiger partial charge in [-0.25, -0.2) is 25.0 Å². The van der Waals surface area contributed by atoms with Crippen LogP contribution < -0.4 is 41.6 Å². The number of pyridine rings is 1. The van der Waals surface area contributed by atoms with E-state index in [-0.39, 0.29) is 38.1 Å². The summed E-state index contributed by atoms with van der Waals surface area (Å²) >= 11 is 1.46. The molecule has 2 aliphatic heterocycles. The Morgan fingerprint density at radius 3 is 2.48 bits per heavy atom. The van der Waals surface area contributed by atoms with Crippen LogP contribution >= 0.6 is 11.3 Å². The van der Waals surface area contributed by atoms with E-state index in [9.17, 15) is 24.0 Å². The molecule has 3 aromatic rings. The molecule has 7 rings (SSSR count). The van der Waals surface area contributed by atoms with Gasteiger partial charge in [-0.15, -0.1) is 17.9 Å². The maximum atomic E-state index is 14.9. The fourth-order valence-electron chi connectivity index (χ4n) is 8.38. The molecule has 2 aliphatic carbocycles. The number of urea groups is 1. The summed E-state index contributed by atoms with van der Waals surface area (Å²) in [4.78, 5) is 80.2. The highest BCUT2D eigenvalue weighted by molar-refractivity contribution is 7.14. The van der Waals surface area contributed by atoms with Gasteiger partial charge in [-0.3, -0.25) is 19.8 Å². The second-order valence-electron chi connectivity index (χ2n) is 18.1. The lowest BCUT2D eigenvalue weighted by atomic mass is 9.85. The number of aromatic nitrogens is 2. The van der Waals surface area contributed by atoms with Crippen molar-refractivity contribution in [3.05, 3.63) is 42.3 Å². The van der Waals surface area contributed by atoms with Gasteiger partial charge < -0.3 is 45.1 Å². The van der Waals surface area contributed by atoms with E-state index in [1.54, 1.807) is 31.4 Å². The molecule has 2 aromatic heterocycles. The first-order chi connectivity index (χ1) is 30.1. The highest BCUT2D eigenvalue weighted by Gasteiger charge is 2.61.